The van der Waals surface area contributed by atoms with Gasteiger partial charge in [0.05, 0.1) is 10.5 Å². The molecule has 27 heavy (non-hydrogen) atoms. The van der Waals surface area contributed by atoms with E-state index in [9.17, 15) is 18.0 Å². The Morgan fingerprint density at radius 1 is 1.00 bits per heavy atom. The normalized spacial score (nSPS) is 26.4. The van der Waals surface area contributed by atoms with Gasteiger partial charge in [0.25, 0.3) is 0 Å². The molecule has 1 aromatic rings. The van der Waals surface area contributed by atoms with Crippen LogP contribution in [-0.2, 0) is 14.8 Å². The SMILES string of the molecule is O=C(O)c1ccc(S(=O)(=O)N2CCC(C(=O)N3CC4CCC3C4)CC2)cc1. The van der Waals surface area contributed by atoms with Gasteiger partial charge in [-0.25, -0.2) is 13.2 Å². The summed E-state index contributed by atoms with van der Waals surface area (Å²) < 4.78 is 27.0. The van der Waals surface area contributed by atoms with Crippen molar-refractivity contribution in [3.8, 4) is 0 Å². The molecule has 1 aromatic carbocycles. The molecule has 0 spiro atoms. The first kappa shape index (κ1) is 18.4. The number of amides is 1. The lowest BCUT2D eigenvalue weighted by molar-refractivity contribution is -0.138. The molecule has 8 heteroatoms. The minimum Gasteiger partial charge on any atom is -0.478 e. The molecule has 2 atom stereocenters. The van der Waals surface area contributed by atoms with E-state index in [1.165, 1.54) is 35.0 Å². The second kappa shape index (κ2) is 6.91. The fourth-order valence-corrected chi connectivity index (χ4v) is 6.16. The third kappa shape index (κ3) is 3.36. The largest absolute Gasteiger partial charge is 0.478 e. The summed E-state index contributed by atoms with van der Waals surface area (Å²) in [6.07, 6.45) is 4.55. The van der Waals surface area contributed by atoms with E-state index < -0.39 is 16.0 Å². The van der Waals surface area contributed by atoms with E-state index in [0.717, 1.165) is 19.4 Å². The third-order valence-corrected chi connectivity index (χ3v) is 8.15. The van der Waals surface area contributed by atoms with Gasteiger partial charge in [0.2, 0.25) is 15.9 Å². The number of carbonyl (C=O) groups is 2. The van der Waals surface area contributed by atoms with Gasteiger partial charge in [0, 0.05) is 31.6 Å². The number of aromatic carboxylic acids is 1. The predicted molar refractivity (Wildman–Crippen MR) is 97.7 cm³/mol. The molecular formula is C19H24N2O5S. The van der Waals surface area contributed by atoms with Crippen LogP contribution in [0.1, 0.15) is 42.5 Å². The Hall–Kier alpha value is -1.93. The number of sulfonamides is 1. The van der Waals surface area contributed by atoms with E-state index in [1.807, 2.05) is 4.90 Å². The van der Waals surface area contributed by atoms with Crippen LogP contribution in [0.5, 0.6) is 0 Å². The van der Waals surface area contributed by atoms with Crippen molar-refractivity contribution >= 4 is 21.9 Å². The maximum absolute atomic E-state index is 12.8. The predicted octanol–water partition coefficient (Wildman–Crippen LogP) is 1.80. The zero-order chi connectivity index (χ0) is 19.2. The second-order valence-corrected chi connectivity index (χ2v) is 9.77. The molecule has 146 valence electrons. The van der Waals surface area contributed by atoms with Crippen molar-refractivity contribution < 1.29 is 23.1 Å². The number of likely N-dealkylation sites (tertiary alicyclic amines) is 1. The standard InChI is InChI=1S/C19H24N2O5S/c22-18(21-12-13-1-4-16(21)11-13)14-7-9-20(10-8-14)27(25,26)17-5-2-15(3-6-17)19(23)24/h2-3,5-6,13-14,16H,1,4,7-12H2,(H,23,24). The lowest BCUT2D eigenvalue weighted by Gasteiger charge is -2.35. The van der Waals surface area contributed by atoms with Gasteiger partial charge in [0.1, 0.15) is 0 Å². The smallest absolute Gasteiger partial charge is 0.335 e. The van der Waals surface area contributed by atoms with Crippen LogP contribution in [0, 0.1) is 11.8 Å². The van der Waals surface area contributed by atoms with Crippen molar-refractivity contribution in [2.75, 3.05) is 19.6 Å². The second-order valence-electron chi connectivity index (χ2n) is 7.83. The summed E-state index contributed by atoms with van der Waals surface area (Å²) >= 11 is 0. The van der Waals surface area contributed by atoms with Gasteiger partial charge in [0.15, 0.2) is 0 Å². The highest BCUT2D eigenvalue weighted by molar-refractivity contribution is 7.89. The molecule has 0 radical (unpaired) electrons. The maximum atomic E-state index is 12.8. The molecule has 3 aliphatic rings. The fraction of sp³-hybridized carbons (Fsp3) is 0.579. The summed E-state index contributed by atoms with van der Waals surface area (Å²) in [5.41, 5.74) is 0.0539. The van der Waals surface area contributed by atoms with Gasteiger partial charge in [-0.05, 0) is 62.3 Å². The summed E-state index contributed by atoms with van der Waals surface area (Å²) in [6.45, 7) is 1.51. The highest BCUT2D eigenvalue weighted by atomic mass is 32.2. The Morgan fingerprint density at radius 3 is 2.19 bits per heavy atom. The van der Waals surface area contributed by atoms with Crippen LogP contribution in [0.15, 0.2) is 29.2 Å². The summed E-state index contributed by atoms with van der Waals surface area (Å²) in [4.78, 5) is 25.9. The summed E-state index contributed by atoms with van der Waals surface area (Å²) in [7, 11) is -3.67. The number of fused-ring (bicyclic) bond motifs is 2. The molecule has 7 nitrogen and oxygen atoms in total. The van der Waals surface area contributed by atoms with Gasteiger partial charge in [-0.3, -0.25) is 4.79 Å². The van der Waals surface area contributed by atoms with Crippen molar-refractivity contribution in [2.45, 2.75) is 43.0 Å². The van der Waals surface area contributed by atoms with E-state index in [1.54, 1.807) is 0 Å². The molecule has 1 N–H and O–H groups in total. The van der Waals surface area contributed by atoms with Gasteiger partial charge in [-0.2, -0.15) is 4.31 Å². The van der Waals surface area contributed by atoms with Crippen LogP contribution in [0.4, 0.5) is 0 Å². The molecule has 2 aliphatic heterocycles. The quantitative estimate of drug-likeness (QED) is 0.843. The molecule has 2 heterocycles. The van der Waals surface area contributed by atoms with Crippen molar-refractivity contribution in [3.63, 3.8) is 0 Å². The topological polar surface area (TPSA) is 95.0 Å². The van der Waals surface area contributed by atoms with Crippen molar-refractivity contribution in [2.24, 2.45) is 11.8 Å². The van der Waals surface area contributed by atoms with Crippen LogP contribution in [0.25, 0.3) is 0 Å². The molecule has 1 saturated carbocycles. The van der Waals surface area contributed by atoms with Crippen LogP contribution >= 0.6 is 0 Å². The molecular weight excluding hydrogens is 368 g/mol. The molecule has 3 fully saturated rings. The highest BCUT2D eigenvalue weighted by Gasteiger charge is 2.43. The lowest BCUT2D eigenvalue weighted by atomic mass is 9.95. The Morgan fingerprint density at radius 2 is 1.67 bits per heavy atom. The molecule has 0 aromatic heterocycles. The lowest BCUT2D eigenvalue weighted by Crippen LogP contribution is -2.46. The van der Waals surface area contributed by atoms with Gasteiger partial charge in [-0.1, -0.05) is 0 Å². The number of hydrogen-bond donors (Lipinski definition) is 1. The first-order valence-electron chi connectivity index (χ1n) is 9.50. The number of rotatable bonds is 4. The first-order valence-corrected chi connectivity index (χ1v) is 10.9. The van der Waals surface area contributed by atoms with E-state index in [-0.39, 0.29) is 22.3 Å². The van der Waals surface area contributed by atoms with E-state index in [4.69, 9.17) is 5.11 Å². The zero-order valence-corrected chi connectivity index (χ0v) is 15.9. The molecule has 4 rings (SSSR count). The maximum Gasteiger partial charge on any atom is 0.335 e. The minimum atomic E-state index is -3.67. The summed E-state index contributed by atoms with van der Waals surface area (Å²) in [5.74, 6) is -0.322. The van der Waals surface area contributed by atoms with E-state index in [0.29, 0.717) is 37.9 Å². The van der Waals surface area contributed by atoms with Gasteiger partial charge >= 0.3 is 5.97 Å². The zero-order valence-electron chi connectivity index (χ0n) is 15.1. The minimum absolute atomic E-state index is 0.0539. The molecule has 2 bridgehead atoms. The molecule has 2 saturated heterocycles. The van der Waals surface area contributed by atoms with Crippen LogP contribution < -0.4 is 0 Å². The van der Waals surface area contributed by atoms with Crippen molar-refractivity contribution in [3.05, 3.63) is 29.8 Å². The van der Waals surface area contributed by atoms with E-state index >= 15 is 0 Å². The molecule has 2 unspecified atom stereocenters. The van der Waals surface area contributed by atoms with Crippen LogP contribution in [0.2, 0.25) is 0 Å². The number of piperidine rings is 2. The van der Waals surface area contributed by atoms with Crippen molar-refractivity contribution in [1.29, 1.82) is 0 Å². The van der Waals surface area contributed by atoms with Gasteiger partial charge < -0.3 is 10.0 Å². The Bertz CT molecular complexity index is 843. The Kier molecular flexibility index (Phi) is 4.71. The number of nitrogens with zero attached hydrogens (tertiary/aromatic N) is 2. The number of hydrogen-bond acceptors (Lipinski definition) is 4. The summed E-state index contributed by atoms with van der Waals surface area (Å²) in [5, 5.41) is 8.94. The average Bonchev–Trinajstić information content (AvgIpc) is 3.31. The first-order chi connectivity index (χ1) is 12.9. The Labute approximate surface area is 159 Å². The van der Waals surface area contributed by atoms with Crippen molar-refractivity contribution in [1.82, 2.24) is 9.21 Å². The number of carboxylic acid groups (broad SMARTS) is 1. The number of carboxylic acids is 1. The highest BCUT2D eigenvalue weighted by Crippen LogP contribution is 2.39. The number of carbonyl (C=O) groups excluding carboxylic acids is 1. The van der Waals surface area contributed by atoms with Crippen LogP contribution in [-0.4, -0.2) is 60.3 Å². The average molecular weight is 392 g/mol. The fourth-order valence-electron chi connectivity index (χ4n) is 4.69. The monoisotopic (exact) mass is 392 g/mol. The van der Waals surface area contributed by atoms with E-state index in [2.05, 4.69) is 0 Å². The third-order valence-electron chi connectivity index (χ3n) is 6.23. The Balaban J connectivity index is 1.39. The molecule has 1 aliphatic carbocycles. The summed E-state index contributed by atoms with van der Waals surface area (Å²) in [6, 6.07) is 5.66. The molecule has 1 amide bonds. The number of benzene rings is 1. The van der Waals surface area contributed by atoms with Crippen LogP contribution in [0.3, 0.4) is 0 Å². The van der Waals surface area contributed by atoms with Gasteiger partial charge in [-0.15, -0.1) is 0 Å².